The van der Waals surface area contributed by atoms with Gasteiger partial charge in [-0.25, -0.2) is 23.1 Å². The summed E-state index contributed by atoms with van der Waals surface area (Å²) in [6, 6.07) is 17.9. The molecule has 1 fully saturated rings. The molecule has 2 aromatic carbocycles. The maximum absolute atomic E-state index is 14.1. The molecule has 0 aliphatic heterocycles. The van der Waals surface area contributed by atoms with Crippen LogP contribution in [0.4, 0.5) is 8.78 Å². The van der Waals surface area contributed by atoms with Gasteiger partial charge in [-0.05, 0) is 17.5 Å². The molecule has 33 heavy (non-hydrogen) atoms. The maximum atomic E-state index is 14.1. The second-order valence-corrected chi connectivity index (χ2v) is 8.84. The third kappa shape index (κ3) is 5.14. The van der Waals surface area contributed by atoms with Crippen LogP contribution in [0.2, 0.25) is 0 Å². The van der Waals surface area contributed by atoms with E-state index in [0.29, 0.717) is 13.0 Å². The molecule has 3 atom stereocenters. The highest BCUT2D eigenvalue weighted by atomic mass is 19.3. The number of carbonyl (C=O) groups is 1. The summed E-state index contributed by atoms with van der Waals surface area (Å²) in [6.07, 6.45) is 2.60. The minimum Gasteiger partial charge on any atom is -0.455 e. The van der Waals surface area contributed by atoms with E-state index in [-0.39, 0.29) is 18.4 Å². The Morgan fingerprint density at radius 2 is 1.88 bits per heavy atom. The third-order valence-corrected chi connectivity index (χ3v) is 6.48. The van der Waals surface area contributed by atoms with E-state index in [1.54, 1.807) is 36.5 Å². The predicted molar refractivity (Wildman–Crippen MR) is 118 cm³/mol. The molecule has 1 unspecified atom stereocenters. The molecular formula is C26H29F2N2O3+. The Kier molecular flexibility index (Phi) is 6.61. The average Bonchev–Trinajstić information content (AvgIpc) is 3.39. The van der Waals surface area contributed by atoms with Gasteiger partial charge in [0.25, 0.3) is 5.82 Å². The first-order valence-electron chi connectivity index (χ1n) is 11.2. The number of rotatable bonds is 8. The van der Waals surface area contributed by atoms with E-state index in [4.69, 9.17) is 4.74 Å². The van der Waals surface area contributed by atoms with Gasteiger partial charge in [-0.15, -0.1) is 0 Å². The maximum Gasteiger partial charge on any atom is 0.343 e. The molecule has 4 rings (SSSR count). The minimum atomic E-state index is -2.91. The highest BCUT2D eigenvalue weighted by Crippen LogP contribution is 2.48. The molecule has 0 amide bonds. The summed E-state index contributed by atoms with van der Waals surface area (Å²) in [5, 5.41) is 11.7. The van der Waals surface area contributed by atoms with Gasteiger partial charge in [-0.1, -0.05) is 60.7 Å². The Bertz CT molecular complexity index is 1070. The van der Waals surface area contributed by atoms with Crippen molar-refractivity contribution in [2.75, 3.05) is 0 Å². The fraction of sp³-hybridized carbons (Fsp3) is 0.385. The summed E-state index contributed by atoms with van der Waals surface area (Å²) in [5.41, 5.74) is -0.894. The van der Waals surface area contributed by atoms with Crippen molar-refractivity contribution >= 4 is 5.97 Å². The van der Waals surface area contributed by atoms with Crippen molar-refractivity contribution in [2.24, 2.45) is 5.92 Å². The van der Waals surface area contributed by atoms with Crippen LogP contribution in [0.1, 0.15) is 36.2 Å². The molecule has 174 valence electrons. The molecule has 2 N–H and O–H groups in total. The number of hydrogen-bond donors (Lipinski definition) is 2. The van der Waals surface area contributed by atoms with Crippen molar-refractivity contribution in [1.29, 1.82) is 0 Å². The van der Waals surface area contributed by atoms with Crippen LogP contribution in [-0.2, 0) is 28.1 Å². The minimum absolute atomic E-state index is 0.0442. The average molecular weight is 456 g/mol. The van der Waals surface area contributed by atoms with Crippen molar-refractivity contribution in [3.8, 4) is 0 Å². The van der Waals surface area contributed by atoms with Gasteiger partial charge in [0.1, 0.15) is 25.0 Å². The first-order valence-corrected chi connectivity index (χ1v) is 11.2. The van der Waals surface area contributed by atoms with Gasteiger partial charge in [0, 0.05) is 32.1 Å². The number of H-pyrrole nitrogens is 1. The lowest BCUT2D eigenvalue weighted by atomic mass is 9.80. The molecule has 0 spiro atoms. The Labute approximate surface area is 192 Å². The Morgan fingerprint density at radius 3 is 2.45 bits per heavy atom. The third-order valence-electron chi connectivity index (χ3n) is 6.48. The standard InChI is InChI=1S/C26H28F2N2O3/c1-19-29-14-15-30(19)18-23(16-20-8-4-2-5-9-20)33-24(31)26(32,21-10-6-3-7-11-21)22-12-13-25(27,28)17-22/h2-11,14-15,22-23,32H,12-13,16-18H2,1H3/p+1/t22-,23?,26+/m1/s1. The van der Waals surface area contributed by atoms with Gasteiger partial charge in [-0.3, -0.25) is 0 Å². The van der Waals surface area contributed by atoms with Crippen LogP contribution in [0.3, 0.4) is 0 Å². The number of carbonyl (C=O) groups excluding carboxylic acids is 1. The lowest BCUT2D eigenvalue weighted by molar-refractivity contribution is -0.707. The van der Waals surface area contributed by atoms with E-state index in [9.17, 15) is 18.7 Å². The highest BCUT2D eigenvalue weighted by Gasteiger charge is 2.54. The van der Waals surface area contributed by atoms with Gasteiger partial charge in [-0.2, -0.15) is 0 Å². The molecule has 1 aliphatic rings. The van der Waals surface area contributed by atoms with Crippen LogP contribution in [0.15, 0.2) is 73.1 Å². The largest absolute Gasteiger partial charge is 0.455 e. The topological polar surface area (TPSA) is 66.2 Å². The van der Waals surface area contributed by atoms with Crippen LogP contribution < -0.4 is 4.57 Å². The van der Waals surface area contributed by atoms with Crippen molar-refractivity contribution in [3.05, 3.63) is 90.0 Å². The quantitative estimate of drug-likeness (QED) is 0.397. The summed E-state index contributed by atoms with van der Waals surface area (Å²) in [4.78, 5) is 16.6. The molecule has 7 heteroatoms. The number of aromatic nitrogens is 2. The summed E-state index contributed by atoms with van der Waals surface area (Å²) in [6.45, 7) is 2.27. The van der Waals surface area contributed by atoms with Gasteiger partial charge >= 0.3 is 5.97 Å². The van der Waals surface area contributed by atoms with E-state index in [1.165, 1.54) is 0 Å². The van der Waals surface area contributed by atoms with E-state index in [0.717, 1.165) is 11.4 Å². The number of alkyl halides is 2. The molecule has 1 saturated carbocycles. The van der Waals surface area contributed by atoms with Crippen LogP contribution in [0.5, 0.6) is 0 Å². The number of ether oxygens (including phenoxy) is 1. The summed E-state index contributed by atoms with van der Waals surface area (Å²) < 4.78 is 36.0. The van der Waals surface area contributed by atoms with Gasteiger partial charge in [0.2, 0.25) is 5.92 Å². The number of hydrogen-bond acceptors (Lipinski definition) is 3. The molecular weight excluding hydrogens is 426 g/mol. The zero-order valence-electron chi connectivity index (χ0n) is 18.6. The Balaban J connectivity index is 1.63. The summed E-state index contributed by atoms with van der Waals surface area (Å²) >= 11 is 0. The fourth-order valence-corrected chi connectivity index (χ4v) is 4.64. The number of benzene rings is 2. The smallest absolute Gasteiger partial charge is 0.343 e. The number of aryl methyl sites for hydroxylation is 1. The normalized spacial score (nSPS) is 20.2. The Hall–Kier alpha value is -3.06. The van der Waals surface area contributed by atoms with Crippen molar-refractivity contribution in [3.63, 3.8) is 0 Å². The van der Waals surface area contributed by atoms with E-state index in [1.807, 2.05) is 48.0 Å². The molecule has 3 aromatic rings. The first-order chi connectivity index (χ1) is 15.8. The second kappa shape index (κ2) is 9.43. The molecule has 0 saturated heterocycles. The SMILES string of the molecule is Cc1[nH]cc[n+]1CC(Cc1ccccc1)OC(=O)[C@](O)(c1ccccc1)[C@@H]1CCC(F)(F)C1. The van der Waals surface area contributed by atoms with Gasteiger partial charge in [0.15, 0.2) is 5.60 Å². The lowest BCUT2D eigenvalue weighted by Gasteiger charge is -2.33. The molecule has 1 aliphatic carbocycles. The molecule has 1 heterocycles. The van der Waals surface area contributed by atoms with E-state index >= 15 is 0 Å². The van der Waals surface area contributed by atoms with Crippen LogP contribution in [0, 0.1) is 12.8 Å². The van der Waals surface area contributed by atoms with Crippen LogP contribution in [0.25, 0.3) is 0 Å². The number of nitrogens with zero attached hydrogens (tertiary/aromatic N) is 1. The number of imidazole rings is 1. The molecule has 5 nitrogen and oxygen atoms in total. The fourth-order valence-electron chi connectivity index (χ4n) is 4.64. The number of esters is 1. The number of halogens is 2. The van der Waals surface area contributed by atoms with Crippen LogP contribution in [-0.4, -0.2) is 28.1 Å². The number of aromatic amines is 1. The summed E-state index contributed by atoms with van der Waals surface area (Å²) in [7, 11) is 0. The lowest BCUT2D eigenvalue weighted by Crippen LogP contribution is -2.49. The molecule has 0 bridgehead atoms. The Morgan fingerprint density at radius 1 is 1.21 bits per heavy atom. The van der Waals surface area contributed by atoms with E-state index < -0.39 is 35.9 Å². The molecule has 1 aromatic heterocycles. The highest BCUT2D eigenvalue weighted by molar-refractivity contribution is 5.82. The van der Waals surface area contributed by atoms with Crippen molar-refractivity contribution in [1.82, 2.24) is 4.98 Å². The molecule has 0 radical (unpaired) electrons. The first kappa shape index (κ1) is 23.1. The number of aliphatic hydroxyl groups is 1. The zero-order valence-corrected chi connectivity index (χ0v) is 18.6. The second-order valence-electron chi connectivity index (χ2n) is 8.84. The summed E-state index contributed by atoms with van der Waals surface area (Å²) in [5.74, 6) is -3.83. The zero-order chi connectivity index (χ0) is 23.5. The predicted octanol–water partition coefficient (Wildman–Crippen LogP) is 4.09. The van der Waals surface area contributed by atoms with Crippen molar-refractivity contribution < 1.29 is 28.0 Å². The monoisotopic (exact) mass is 455 g/mol. The van der Waals surface area contributed by atoms with Gasteiger partial charge < -0.3 is 9.84 Å². The van der Waals surface area contributed by atoms with E-state index in [2.05, 4.69) is 4.98 Å². The van der Waals surface area contributed by atoms with Crippen molar-refractivity contribution in [2.45, 2.75) is 56.8 Å². The van der Waals surface area contributed by atoms with Gasteiger partial charge in [0.05, 0.1) is 0 Å². The van der Waals surface area contributed by atoms with Crippen LogP contribution >= 0.6 is 0 Å². The number of nitrogens with one attached hydrogen (secondary N) is 1.